The number of nitrogens with zero attached hydrogens (tertiary/aromatic N) is 4. The third-order valence-electron chi connectivity index (χ3n) is 3.79. The fraction of sp³-hybridized carbons (Fsp3) is 0.222. The fourth-order valence-electron chi connectivity index (χ4n) is 2.36. The average Bonchev–Trinajstić information content (AvgIpc) is 3.10. The van der Waals surface area contributed by atoms with Gasteiger partial charge in [-0.15, -0.1) is 5.10 Å². The molecule has 6 nitrogen and oxygen atoms in total. The first-order valence-corrected chi connectivity index (χ1v) is 9.77. The van der Waals surface area contributed by atoms with Crippen LogP contribution in [0, 0.1) is 13.8 Å². The van der Waals surface area contributed by atoms with Crippen molar-refractivity contribution in [3.63, 3.8) is 0 Å². The molecule has 0 saturated carbocycles. The molecule has 0 aliphatic carbocycles. The average molecular weight is 423 g/mol. The first-order valence-electron chi connectivity index (χ1n) is 8.03. The molecule has 0 fully saturated rings. The number of carbonyl (C=O) groups is 1. The second-order valence-corrected chi connectivity index (χ2v) is 7.57. The molecule has 0 bridgehead atoms. The summed E-state index contributed by atoms with van der Waals surface area (Å²) in [5, 5.41) is 13.2. The van der Waals surface area contributed by atoms with Crippen LogP contribution in [0.4, 0.5) is 0 Å². The molecule has 0 amide bonds. The van der Waals surface area contributed by atoms with Crippen LogP contribution in [-0.2, 0) is 16.1 Å². The van der Waals surface area contributed by atoms with E-state index in [0.29, 0.717) is 20.8 Å². The van der Waals surface area contributed by atoms with Crippen LogP contribution in [-0.4, -0.2) is 31.9 Å². The number of aromatic nitrogens is 4. The maximum Gasteiger partial charge on any atom is 0.316 e. The molecule has 3 aromatic rings. The molecule has 140 valence electrons. The molecule has 3 rings (SSSR count). The summed E-state index contributed by atoms with van der Waals surface area (Å²) in [5.74, 6) is -0.348. The van der Waals surface area contributed by atoms with E-state index in [1.54, 1.807) is 22.9 Å². The van der Waals surface area contributed by atoms with E-state index in [2.05, 4.69) is 15.5 Å². The van der Waals surface area contributed by atoms with Crippen molar-refractivity contribution in [1.29, 1.82) is 0 Å². The van der Waals surface area contributed by atoms with Gasteiger partial charge >= 0.3 is 5.97 Å². The maximum absolute atomic E-state index is 12.1. The summed E-state index contributed by atoms with van der Waals surface area (Å²) in [6, 6.07) is 11.1. The summed E-state index contributed by atoms with van der Waals surface area (Å²) in [6.45, 7) is 3.99. The molecule has 0 aliphatic rings. The van der Waals surface area contributed by atoms with Crippen LogP contribution in [0.2, 0.25) is 10.0 Å². The van der Waals surface area contributed by atoms with Gasteiger partial charge in [0.1, 0.15) is 6.61 Å². The third kappa shape index (κ3) is 4.80. The zero-order valence-corrected chi connectivity index (χ0v) is 17.0. The summed E-state index contributed by atoms with van der Waals surface area (Å²) in [4.78, 5) is 12.1. The molecule has 1 aromatic heterocycles. The topological polar surface area (TPSA) is 69.9 Å². The standard InChI is InChI=1S/C18H16Cl2N4O2S/c1-11-6-7-12(2)16(8-11)24-18(21-22-23-24)27-10-17(25)26-9-13-14(19)4-3-5-15(13)20/h3-8H,9-10H2,1-2H3. The molecular weight excluding hydrogens is 407 g/mol. The zero-order valence-electron chi connectivity index (χ0n) is 14.6. The lowest BCUT2D eigenvalue weighted by Crippen LogP contribution is -2.09. The number of benzene rings is 2. The summed E-state index contributed by atoms with van der Waals surface area (Å²) in [5.41, 5.74) is 3.59. The Labute approximate surface area is 170 Å². The lowest BCUT2D eigenvalue weighted by molar-refractivity contribution is -0.141. The SMILES string of the molecule is Cc1ccc(C)c(-n2nnnc2SCC(=O)OCc2c(Cl)cccc2Cl)c1. The van der Waals surface area contributed by atoms with Gasteiger partial charge in [-0.05, 0) is 53.6 Å². The van der Waals surface area contributed by atoms with Crippen molar-refractivity contribution in [3.05, 3.63) is 63.1 Å². The van der Waals surface area contributed by atoms with Crippen molar-refractivity contribution < 1.29 is 9.53 Å². The molecule has 0 spiro atoms. The second kappa shape index (κ2) is 8.73. The van der Waals surface area contributed by atoms with Crippen LogP contribution >= 0.6 is 35.0 Å². The molecule has 0 saturated heterocycles. The molecule has 0 aliphatic heterocycles. The van der Waals surface area contributed by atoms with Gasteiger partial charge in [-0.2, -0.15) is 4.68 Å². The minimum absolute atomic E-state index is 0.0137. The van der Waals surface area contributed by atoms with Gasteiger partial charge in [0.15, 0.2) is 0 Å². The van der Waals surface area contributed by atoms with E-state index in [4.69, 9.17) is 27.9 Å². The Balaban J connectivity index is 1.63. The molecule has 0 radical (unpaired) electrons. The second-order valence-electron chi connectivity index (χ2n) is 5.81. The number of ether oxygens (including phenoxy) is 1. The van der Waals surface area contributed by atoms with Gasteiger partial charge in [0.05, 0.1) is 11.4 Å². The molecule has 2 aromatic carbocycles. The Morgan fingerprint density at radius 3 is 2.67 bits per heavy atom. The van der Waals surface area contributed by atoms with Crippen molar-refractivity contribution in [1.82, 2.24) is 20.2 Å². The number of tetrazole rings is 1. The van der Waals surface area contributed by atoms with E-state index in [-0.39, 0.29) is 12.4 Å². The first kappa shape index (κ1) is 19.7. The summed E-state index contributed by atoms with van der Waals surface area (Å²) >= 11 is 13.4. The third-order valence-corrected chi connectivity index (χ3v) is 5.39. The van der Waals surface area contributed by atoms with Crippen LogP contribution in [0.1, 0.15) is 16.7 Å². The highest BCUT2D eigenvalue weighted by atomic mass is 35.5. The number of halogens is 2. The van der Waals surface area contributed by atoms with Crippen LogP contribution in [0.3, 0.4) is 0 Å². The number of aryl methyl sites for hydroxylation is 2. The Morgan fingerprint density at radius 1 is 1.19 bits per heavy atom. The fourth-order valence-corrected chi connectivity index (χ4v) is 3.54. The Bertz CT molecular complexity index is 957. The van der Waals surface area contributed by atoms with Crippen molar-refractivity contribution in [2.24, 2.45) is 0 Å². The molecule has 0 N–H and O–H groups in total. The summed E-state index contributed by atoms with van der Waals surface area (Å²) in [6.07, 6.45) is 0. The summed E-state index contributed by atoms with van der Waals surface area (Å²) in [7, 11) is 0. The maximum atomic E-state index is 12.1. The minimum Gasteiger partial charge on any atom is -0.460 e. The molecule has 27 heavy (non-hydrogen) atoms. The number of esters is 1. The highest BCUT2D eigenvalue weighted by Gasteiger charge is 2.15. The smallest absolute Gasteiger partial charge is 0.316 e. The largest absolute Gasteiger partial charge is 0.460 e. The monoisotopic (exact) mass is 422 g/mol. The number of rotatable bonds is 6. The normalized spacial score (nSPS) is 10.8. The van der Waals surface area contributed by atoms with Gasteiger partial charge in [0.2, 0.25) is 5.16 Å². The molecule has 0 atom stereocenters. The predicted octanol–water partition coefficient (Wildman–Crippen LogP) is 4.42. The van der Waals surface area contributed by atoms with Crippen molar-refractivity contribution in [3.8, 4) is 5.69 Å². The Morgan fingerprint density at radius 2 is 1.93 bits per heavy atom. The number of thioether (sulfide) groups is 1. The van der Waals surface area contributed by atoms with E-state index in [1.807, 2.05) is 32.0 Å². The zero-order chi connectivity index (χ0) is 19.4. The molecular formula is C18H16Cl2N4O2S. The van der Waals surface area contributed by atoms with Crippen LogP contribution in [0.5, 0.6) is 0 Å². The molecule has 0 unspecified atom stereocenters. The van der Waals surface area contributed by atoms with Gasteiger partial charge < -0.3 is 4.74 Å². The van der Waals surface area contributed by atoms with E-state index in [0.717, 1.165) is 16.8 Å². The van der Waals surface area contributed by atoms with Gasteiger partial charge in [0.25, 0.3) is 0 Å². The van der Waals surface area contributed by atoms with Gasteiger partial charge in [-0.3, -0.25) is 4.79 Å². The van der Waals surface area contributed by atoms with Crippen molar-refractivity contribution in [2.45, 2.75) is 25.6 Å². The lowest BCUT2D eigenvalue weighted by Gasteiger charge is -2.09. The minimum atomic E-state index is -0.411. The Kier molecular flexibility index (Phi) is 6.36. The number of hydrogen-bond donors (Lipinski definition) is 0. The van der Waals surface area contributed by atoms with Gasteiger partial charge in [-0.25, -0.2) is 0 Å². The van der Waals surface area contributed by atoms with Gasteiger partial charge in [0, 0.05) is 15.6 Å². The lowest BCUT2D eigenvalue weighted by atomic mass is 10.1. The number of carbonyl (C=O) groups excluding carboxylic acids is 1. The summed E-state index contributed by atoms with van der Waals surface area (Å²) < 4.78 is 6.89. The first-order chi connectivity index (χ1) is 13.0. The van der Waals surface area contributed by atoms with Crippen LogP contribution in [0.25, 0.3) is 5.69 Å². The van der Waals surface area contributed by atoms with Crippen LogP contribution < -0.4 is 0 Å². The molecule has 1 heterocycles. The highest BCUT2D eigenvalue weighted by Crippen LogP contribution is 2.26. The van der Waals surface area contributed by atoms with Crippen molar-refractivity contribution in [2.75, 3.05) is 5.75 Å². The van der Waals surface area contributed by atoms with E-state index < -0.39 is 5.97 Å². The van der Waals surface area contributed by atoms with E-state index >= 15 is 0 Å². The van der Waals surface area contributed by atoms with E-state index in [1.165, 1.54) is 11.8 Å². The predicted molar refractivity (Wildman–Crippen MR) is 106 cm³/mol. The quantitative estimate of drug-likeness (QED) is 0.432. The van der Waals surface area contributed by atoms with Crippen LogP contribution in [0.15, 0.2) is 41.6 Å². The van der Waals surface area contributed by atoms with Crippen molar-refractivity contribution >= 4 is 40.9 Å². The Hall–Kier alpha value is -2.09. The van der Waals surface area contributed by atoms with E-state index in [9.17, 15) is 4.79 Å². The molecule has 9 heteroatoms. The number of hydrogen-bond acceptors (Lipinski definition) is 6. The van der Waals surface area contributed by atoms with Gasteiger partial charge in [-0.1, -0.05) is 53.2 Å². The highest BCUT2D eigenvalue weighted by molar-refractivity contribution is 7.99.